The molecule has 2 aliphatic heterocycles. The first-order valence-corrected chi connectivity index (χ1v) is 9.98. The van der Waals surface area contributed by atoms with Crippen LogP contribution in [0.15, 0.2) is 42.5 Å². The van der Waals surface area contributed by atoms with Gasteiger partial charge in [-0.3, -0.25) is 14.5 Å². The van der Waals surface area contributed by atoms with Crippen molar-refractivity contribution >= 4 is 29.1 Å². The number of benzene rings is 2. The van der Waals surface area contributed by atoms with Crippen molar-refractivity contribution in [3.63, 3.8) is 0 Å². The SMILES string of the molecule is Cc1ccccc1C1(N2C[C@H](O)C[C@H]2C(=O)N(C)C)C(=O)Nc2ccc(Cl)cc21. The van der Waals surface area contributed by atoms with Crippen molar-refractivity contribution in [1.82, 2.24) is 9.80 Å². The van der Waals surface area contributed by atoms with E-state index in [1.54, 1.807) is 32.3 Å². The van der Waals surface area contributed by atoms with Gasteiger partial charge in [0, 0.05) is 36.9 Å². The van der Waals surface area contributed by atoms with E-state index in [0.29, 0.717) is 16.3 Å². The summed E-state index contributed by atoms with van der Waals surface area (Å²) in [6, 6.07) is 12.3. The Labute approximate surface area is 175 Å². The number of aliphatic hydroxyl groups is 1. The Kier molecular flexibility index (Phi) is 4.89. The number of β-amino-alcohol motifs (C(OH)–C–C–N with tert-alkyl or cyclic N) is 1. The van der Waals surface area contributed by atoms with Crippen LogP contribution in [0.5, 0.6) is 0 Å². The topological polar surface area (TPSA) is 72.9 Å². The fourth-order valence-electron chi connectivity index (χ4n) is 4.66. The molecule has 152 valence electrons. The first-order chi connectivity index (χ1) is 13.8. The third-order valence-corrected chi connectivity index (χ3v) is 6.15. The Morgan fingerprint density at radius 3 is 2.66 bits per heavy atom. The molecule has 1 unspecified atom stereocenters. The lowest BCUT2D eigenvalue weighted by atomic mass is 9.79. The van der Waals surface area contributed by atoms with Crippen molar-refractivity contribution in [1.29, 1.82) is 0 Å². The molecule has 0 radical (unpaired) electrons. The van der Waals surface area contributed by atoms with Crippen LogP contribution in [0.1, 0.15) is 23.1 Å². The number of aliphatic hydroxyl groups excluding tert-OH is 1. The van der Waals surface area contributed by atoms with Crippen molar-refractivity contribution in [2.75, 3.05) is 26.0 Å². The van der Waals surface area contributed by atoms with Crippen molar-refractivity contribution in [2.45, 2.75) is 31.0 Å². The monoisotopic (exact) mass is 413 g/mol. The lowest BCUT2D eigenvalue weighted by molar-refractivity contribution is -0.138. The molecule has 2 aromatic rings. The second kappa shape index (κ2) is 7.13. The molecule has 7 heteroatoms. The number of carbonyl (C=O) groups is 2. The summed E-state index contributed by atoms with van der Waals surface area (Å²) in [6.45, 7) is 2.15. The van der Waals surface area contributed by atoms with Crippen LogP contribution in [-0.2, 0) is 15.1 Å². The second-order valence-electron chi connectivity index (χ2n) is 7.96. The zero-order chi connectivity index (χ0) is 20.9. The first-order valence-electron chi connectivity index (χ1n) is 9.60. The Balaban J connectivity index is 2.02. The van der Waals surface area contributed by atoms with Gasteiger partial charge >= 0.3 is 0 Å². The van der Waals surface area contributed by atoms with E-state index in [2.05, 4.69) is 5.32 Å². The normalized spacial score (nSPS) is 26.3. The van der Waals surface area contributed by atoms with Gasteiger partial charge in [0.2, 0.25) is 5.91 Å². The molecular formula is C22H24ClN3O3. The predicted molar refractivity (Wildman–Crippen MR) is 112 cm³/mol. The van der Waals surface area contributed by atoms with Gasteiger partial charge in [0.25, 0.3) is 5.91 Å². The third-order valence-electron chi connectivity index (χ3n) is 5.92. The zero-order valence-electron chi connectivity index (χ0n) is 16.6. The van der Waals surface area contributed by atoms with Crippen LogP contribution in [-0.4, -0.2) is 59.5 Å². The van der Waals surface area contributed by atoms with Crippen LogP contribution in [0.4, 0.5) is 5.69 Å². The van der Waals surface area contributed by atoms with E-state index in [4.69, 9.17) is 11.6 Å². The number of amides is 2. The highest BCUT2D eigenvalue weighted by atomic mass is 35.5. The largest absolute Gasteiger partial charge is 0.392 e. The molecule has 1 saturated heterocycles. The minimum absolute atomic E-state index is 0.141. The molecule has 0 aliphatic carbocycles. The van der Waals surface area contributed by atoms with E-state index in [-0.39, 0.29) is 24.8 Å². The number of likely N-dealkylation sites (tertiary alicyclic amines) is 1. The van der Waals surface area contributed by atoms with Crippen molar-refractivity contribution in [2.24, 2.45) is 0 Å². The Bertz CT molecular complexity index is 993. The molecule has 6 nitrogen and oxygen atoms in total. The van der Waals surface area contributed by atoms with E-state index in [0.717, 1.165) is 11.1 Å². The number of halogens is 1. The van der Waals surface area contributed by atoms with Crippen molar-refractivity contribution < 1.29 is 14.7 Å². The number of aryl methyl sites for hydroxylation is 1. The lowest BCUT2D eigenvalue weighted by Gasteiger charge is -2.41. The summed E-state index contributed by atoms with van der Waals surface area (Å²) in [5, 5.41) is 14.0. The summed E-state index contributed by atoms with van der Waals surface area (Å²) in [7, 11) is 3.37. The Morgan fingerprint density at radius 1 is 1.24 bits per heavy atom. The number of rotatable bonds is 3. The average molecular weight is 414 g/mol. The maximum atomic E-state index is 13.6. The quantitative estimate of drug-likeness (QED) is 0.810. The van der Waals surface area contributed by atoms with E-state index >= 15 is 0 Å². The summed E-state index contributed by atoms with van der Waals surface area (Å²) in [5.41, 5.74) is 1.83. The number of nitrogens with one attached hydrogen (secondary N) is 1. The van der Waals surface area contributed by atoms with Gasteiger partial charge in [-0.1, -0.05) is 35.9 Å². The molecule has 2 amide bonds. The molecule has 0 bridgehead atoms. The van der Waals surface area contributed by atoms with Gasteiger partial charge in [-0.2, -0.15) is 0 Å². The van der Waals surface area contributed by atoms with Crippen LogP contribution < -0.4 is 5.32 Å². The zero-order valence-corrected chi connectivity index (χ0v) is 17.4. The molecule has 29 heavy (non-hydrogen) atoms. The molecule has 2 aromatic carbocycles. The molecule has 2 aliphatic rings. The van der Waals surface area contributed by atoms with Crippen LogP contribution >= 0.6 is 11.6 Å². The smallest absolute Gasteiger partial charge is 0.254 e. The standard InChI is InChI=1S/C22H24ClN3O3/c1-13-6-4-5-7-16(13)22(17-10-14(23)8-9-18(17)24-21(22)29)26-12-15(27)11-19(26)20(28)25(2)3/h4-10,15,19,27H,11-12H2,1-3H3,(H,24,29)/t15-,19+,22?/m1/s1. The maximum Gasteiger partial charge on any atom is 0.254 e. The number of nitrogens with zero attached hydrogens (tertiary/aromatic N) is 2. The Morgan fingerprint density at radius 2 is 1.97 bits per heavy atom. The van der Waals surface area contributed by atoms with Crippen LogP contribution in [0.25, 0.3) is 0 Å². The van der Waals surface area contributed by atoms with Gasteiger partial charge < -0.3 is 15.3 Å². The van der Waals surface area contributed by atoms with Gasteiger partial charge in [-0.25, -0.2) is 0 Å². The summed E-state index contributed by atoms with van der Waals surface area (Å²) in [6.07, 6.45) is -0.436. The van der Waals surface area contributed by atoms with Gasteiger partial charge in [-0.15, -0.1) is 0 Å². The van der Waals surface area contributed by atoms with E-state index < -0.39 is 17.7 Å². The second-order valence-corrected chi connectivity index (χ2v) is 8.40. The molecule has 4 rings (SSSR count). The average Bonchev–Trinajstić information content (AvgIpc) is 3.19. The van der Waals surface area contributed by atoms with E-state index in [9.17, 15) is 14.7 Å². The van der Waals surface area contributed by atoms with Gasteiger partial charge in [0.15, 0.2) is 5.54 Å². The molecule has 1 fully saturated rings. The number of likely N-dealkylation sites (N-methyl/N-ethyl adjacent to an activating group) is 1. The molecule has 2 N–H and O–H groups in total. The van der Waals surface area contributed by atoms with Gasteiger partial charge in [0.05, 0.1) is 12.1 Å². The summed E-state index contributed by atoms with van der Waals surface area (Å²) < 4.78 is 0. The van der Waals surface area contributed by atoms with Gasteiger partial charge in [-0.05, 0) is 42.7 Å². The molecule has 2 heterocycles. The summed E-state index contributed by atoms with van der Waals surface area (Å²) in [4.78, 5) is 30.0. The van der Waals surface area contributed by atoms with E-state index in [1.807, 2.05) is 36.1 Å². The van der Waals surface area contributed by atoms with Crippen LogP contribution in [0.3, 0.4) is 0 Å². The third kappa shape index (κ3) is 2.94. The van der Waals surface area contributed by atoms with Crippen molar-refractivity contribution in [3.8, 4) is 0 Å². The molecule has 0 aromatic heterocycles. The highest BCUT2D eigenvalue weighted by molar-refractivity contribution is 6.31. The lowest BCUT2D eigenvalue weighted by Crippen LogP contribution is -2.57. The van der Waals surface area contributed by atoms with Crippen LogP contribution in [0, 0.1) is 6.92 Å². The minimum atomic E-state index is -1.25. The van der Waals surface area contributed by atoms with E-state index in [1.165, 1.54) is 4.90 Å². The number of fused-ring (bicyclic) bond motifs is 1. The molecular weight excluding hydrogens is 390 g/mol. The van der Waals surface area contributed by atoms with Gasteiger partial charge in [0.1, 0.15) is 0 Å². The molecule has 3 atom stereocenters. The number of hydrogen-bond donors (Lipinski definition) is 2. The highest BCUT2D eigenvalue weighted by Gasteiger charge is 2.58. The number of carbonyl (C=O) groups excluding carboxylic acids is 2. The summed E-state index contributed by atoms with van der Waals surface area (Å²) in [5.74, 6) is -0.382. The fourth-order valence-corrected chi connectivity index (χ4v) is 4.83. The fraction of sp³-hybridized carbons (Fsp3) is 0.364. The molecule has 0 spiro atoms. The van der Waals surface area contributed by atoms with Crippen LogP contribution in [0.2, 0.25) is 5.02 Å². The number of hydrogen-bond acceptors (Lipinski definition) is 4. The van der Waals surface area contributed by atoms with Crippen molar-refractivity contribution in [3.05, 3.63) is 64.2 Å². The minimum Gasteiger partial charge on any atom is -0.392 e. The summed E-state index contributed by atoms with van der Waals surface area (Å²) >= 11 is 6.33. The highest BCUT2D eigenvalue weighted by Crippen LogP contribution is 2.49. The first kappa shape index (κ1) is 19.9. The predicted octanol–water partition coefficient (Wildman–Crippen LogP) is 2.37. The maximum absolute atomic E-state index is 13.6. The molecule has 0 saturated carbocycles. The number of anilines is 1. The Hall–Kier alpha value is -2.41.